The maximum atomic E-state index is 4.56. The minimum Gasteiger partial charge on any atom is -0.373 e. The normalized spacial score (nSPS) is 12.6. The zero-order valence-electron chi connectivity index (χ0n) is 13.8. The zero-order valence-corrected chi connectivity index (χ0v) is 13.8. The number of aromatic nitrogens is 2. The summed E-state index contributed by atoms with van der Waals surface area (Å²) in [5.41, 5.74) is 1.23. The molecule has 1 rings (SSSR count). The maximum Gasteiger partial charge on any atom is 0.137 e. The van der Waals surface area contributed by atoms with E-state index in [9.17, 15) is 0 Å². The van der Waals surface area contributed by atoms with Gasteiger partial charge in [-0.15, -0.1) is 0 Å². The standard InChI is InChI=1S/C15H29N5/c1-7-9-13-14(16-4)17-11-18-15(13)20(8-2)12(3)10-19(5)6/h11-12H,7-10H2,1-6H3,(H,16,17,18). The summed E-state index contributed by atoms with van der Waals surface area (Å²) in [6.45, 7) is 8.59. The van der Waals surface area contributed by atoms with E-state index in [2.05, 4.69) is 60.0 Å². The number of hydrogen-bond donors (Lipinski definition) is 1. The van der Waals surface area contributed by atoms with Crippen molar-refractivity contribution in [3.63, 3.8) is 0 Å². The molecule has 0 aliphatic rings. The van der Waals surface area contributed by atoms with Gasteiger partial charge in [-0.1, -0.05) is 13.3 Å². The highest BCUT2D eigenvalue weighted by Gasteiger charge is 2.20. The van der Waals surface area contributed by atoms with Crippen LogP contribution in [0.25, 0.3) is 0 Å². The van der Waals surface area contributed by atoms with Crippen LogP contribution in [0.3, 0.4) is 0 Å². The average Bonchev–Trinajstić information content (AvgIpc) is 2.40. The van der Waals surface area contributed by atoms with E-state index in [0.29, 0.717) is 6.04 Å². The van der Waals surface area contributed by atoms with Gasteiger partial charge < -0.3 is 15.1 Å². The highest BCUT2D eigenvalue weighted by molar-refractivity contribution is 5.59. The van der Waals surface area contributed by atoms with Crippen molar-refractivity contribution in [3.05, 3.63) is 11.9 Å². The second-order valence-corrected chi connectivity index (χ2v) is 5.42. The topological polar surface area (TPSA) is 44.3 Å². The van der Waals surface area contributed by atoms with E-state index in [1.165, 1.54) is 5.56 Å². The van der Waals surface area contributed by atoms with Crippen molar-refractivity contribution in [1.29, 1.82) is 0 Å². The van der Waals surface area contributed by atoms with Crippen molar-refractivity contribution in [2.24, 2.45) is 0 Å². The van der Waals surface area contributed by atoms with Crippen LogP contribution in [0.1, 0.15) is 32.8 Å². The van der Waals surface area contributed by atoms with Gasteiger partial charge in [0.05, 0.1) is 0 Å². The fourth-order valence-corrected chi connectivity index (χ4v) is 2.64. The molecule has 0 spiro atoms. The number of rotatable bonds is 8. The summed E-state index contributed by atoms with van der Waals surface area (Å²) in [5.74, 6) is 2.02. The average molecular weight is 279 g/mol. The minimum atomic E-state index is 0.421. The second-order valence-electron chi connectivity index (χ2n) is 5.42. The van der Waals surface area contributed by atoms with Crippen molar-refractivity contribution < 1.29 is 0 Å². The number of nitrogens with zero attached hydrogens (tertiary/aromatic N) is 4. The van der Waals surface area contributed by atoms with Gasteiger partial charge in [0.1, 0.15) is 18.0 Å². The molecule has 0 aliphatic carbocycles. The Labute approximate surface area is 123 Å². The summed E-state index contributed by atoms with van der Waals surface area (Å²) in [6.07, 6.45) is 3.75. The van der Waals surface area contributed by atoms with Gasteiger partial charge in [0.2, 0.25) is 0 Å². The third-order valence-corrected chi connectivity index (χ3v) is 3.43. The van der Waals surface area contributed by atoms with E-state index in [1.807, 2.05) is 7.05 Å². The second kappa shape index (κ2) is 8.04. The summed E-state index contributed by atoms with van der Waals surface area (Å²) in [7, 11) is 6.14. The van der Waals surface area contributed by atoms with Gasteiger partial charge in [-0.05, 0) is 34.4 Å². The van der Waals surface area contributed by atoms with Crippen LogP contribution >= 0.6 is 0 Å². The lowest BCUT2D eigenvalue weighted by Gasteiger charge is -2.32. The molecule has 0 aliphatic heterocycles. The summed E-state index contributed by atoms with van der Waals surface area (Å²) < 4.78 is 0. The molecule has 114 valence electrons. The van der Waals surface area contributed by atoms with Gasteiger partial charge in [0, 0.05) is 31.7 Å². The minimum absolute atomic E-state index is 0.421. The van der Waals surface area contributed by atoms with Gasteiger partial charge in [0.25, 0.3) is 0 Å². The number of anilines is 2. The van der Waals surface area contributed by atoms with E-state index in [4.69, 9.17) is 0 Å². The fraction of sp³-hybridized carbons (Fsp3) is 0.733. The molecular weight excluding hydrogens is 250 g/mol. The summed E-state index contributed by atoms with van der Waals surface area (Å²) in [6, 6.07) is 0.421. The molecule has 1 unspecified atom stereocenters. The molecule has 0 radical (unpaired) electrons. The lowest BCUT2D eigenvalue weighted by Crippen LogP contribution is -2.41. The molecule has 0 fully saturated rings. The Morgan fingerprint density at radius 3 is 2.45 bits per heavy atom. The predicted molar refractivity (Wildman–Crippen MR) is 86.6 cm³/mol. The SMILES string of the molecule is CCCc1c(NC)ncnc1N(CC)C(C)CN(C)C. The smallest absolute Gasteiger partial charge is 0.137 e. The van der Waals surface area contributed by atoms with Crippen molar-refractivity contribution >= 4 is 11.6 Å². The van der Waals surface area contributed by atoms with E-state index >= 15 is 0 Å². The molecular formula is C15H29N5. The molecule has 1 aromatic rings. The van der Waals surface area contributed by atoms with Gasteiger partial charge in [-0.25, -0.2) is 9.97 Å². The van der Waals surface area contributed by atoms with Crippen LogP contribution in [0.15, 0.2) is 6.33 Å². The fourth-order valence-electron chi connectivity index (χ4n) is 2.64. The zero-order chi connectivity index (χ0) is 15.1. The first kappa shape index (κ1) is 16.7. The van der Waals surface area contributed by atoms with Crippen LogP contribution in [-0.4, -0.2) is 55.1 Å². The predicted octanol–water partition coefficient (Wildman–Crippen LogP) is 2.25. The quantitative estimate of drug-likeness (QED) is 0.790. The molecule has 1 N–H and O–H groups in total. The highest BCUT2D eigenvalue weighted by atomic mass is 15.2. The van der Waals surface area contributed by atoms with E-state index in [-0.39, 0.29) is 0 Å². The van der Waals surface area contributed by atoms with E-state index in [1.54, 1.807) is 6.33 Å². The lowest BCUT2D eigenvalue weighted by atomic mass is 10.1. The molecule has 1 aromatic heterocycles. The summed E-state index contributed by atoms with van der Waals surface area (Å²) in [5, 5.41) is 3.19. The molecule has 5 nitrogen and oxygen atoms in total. The molecule has 0 saturated carbocycles. The number of hydrogen-bond acceptors (Lipinski definition) is 5. The van der Waals surface area contributed by atoms with E-state index in [0.717, 1.165) is 37.6 Å². The van der Waals surface area contributed by atoms with Gasteiger partial charge in [-0.3, -0.25) is 0 Å². The number of nitrogens with one attached hydrogen (secondary N) is 1. The highest BCUT2D eigenvalue weighted by Crippen LogP contribution is 2.26. The lowest BCUT2D eigenvalue weighted by molar-refractivity contribution is 0.372. The molecule has 5 heteroatoms. The largest absolute Gasteiger partial charge is 0.373 e. The van der Waals surface area contributed by atoms with Crippen molar-refractivity contribution in [2.75, 3.05) is 44.4 Å². The molecule has 1 atom stereocenters. The summed E-state index contributed by atoms with van der Waals surface area (Å²) in [4.78, 5) is 13.5. The molecule has 20 heavy (non-hydrogen) atoms. The van der Waals surface area contributed by atoms with Crippen LogP contribution in [0.5, 0.6) is 0 Å². The van der Waals surface area contributed by atoms with Crippen LogP contribution in [0.4, 0.5) is 11.6 Å². The molecule has 0 aromatic carbocycles. The molecule has 0 bridgehead atoms. The molecule has 1 heterocycles. The first-order valence-electron chi connectivity index (χ1n) is 7.48. The van der Waals surface area contributed by atoms with Crippen molar-refractivity contribution in [2.45, 2.75) is 39.7 Å². The van der Waals surface area contributed by atoms with Crippen LogP contribution < -0.4 is 10.2 Å². The Balaban J connectivity index is 3.13. The van der Waals surface area contributed by atoms with Gasteiger partial charge in [0.15, 0.2) is 0 Å². The Hall–Kier alpha value is -1.36. The van der Waals surface area contributed by atoms with Crippen molar-refractivity contribution in [1.82, 2.24) is 14.9 Å². The van der Waals surface area contributed by atoms with Crippen molar-refractivity contribution in [3.8, 4) is 0 Å². The van der Waals surface area contributed by atoms with Crippen LogP contribution in [0.2, 0.25) is 0 Å². The summed E-state index contributed by atoms with van der Waals surface area (Å²) >= 11 is 0. The Kier molecular flexibility index (Phi) is 6.71. The van der Waals surface area contributed by atoms with Gasteiger partial charge in [-0.2, -0.15) is 0 Å². The van der Waals surface area contributed by atoms with Crippen LogP contribution in [-0.2, 0) is 6.42 Å². The third-order valence-electron chi connectivity index (χ3n) is 3.43. The first-order valence-corrected chi connectivity index (χ1v) is 7.48. The Morgan fingerprint density at radius 2 is 1.95 bits per heavy atom. The molecule has 0 saturated heterocycles. The first-order chi connectivity index (χ1) is 9.54. The maximum absolute atomic E-state index is 4.56. The third kappa shape index (κ3) is 4.07. The number of likely N-dealkylation sites (N-methyl/N-ethyl adjacent to an activating group) is 2. The van der Waals surface area contributed by atoms with E-state index < -0.39 is 0 Å². The van der Waals surface area contributed by atoms with Crippen LogP contribution in [0, 0.1) is 0 Å². The Bertz CT molecular complexity index is 405. The Morgan fingerprint density at radius 1 is 1.25 bits per heavy atom. The van der Waals surface area contributed by atoms with Gasteiger partial charge >= 0.3 is 0 Å². The molecule has 0 amide bonds. The monoisotopic (exact) mass is 279 g/mol.